The molecule has 0 radical (unpaired) electrons. The fourth-order valence-corrected chi connectivity index (χ4v) is 2.09. The molecule has 3 nitrogen and oxygen atoms in total. The molecule has 1 aromatic heterocycles. The zero-order valence-electron chi connectivity index (χ0n) is 13.1. The Balaban J connectivity index is 2.54. The molecule has 0 N–H and O–H groups in total. The molecule has 1 heterocycles. The van der Waals surface area contributed by atoms with E-state index in [1.807, 2.05) is 0 Å². The minimum absolute atomic E-state index is 0.138. The second-order valence-corrected chi connectivity index (χ2v) is 5.11. The summed E-state index contributed by atoms with van der Waals surface area (Å²) in [6.07, 6.45) is 9.61. The third kappa shape index (κ3) is 4.87. The van der Waals surface area contributed by atoms with Crippen molar-refractivity contribution in [2.45, 2.75) is 59.3 Å². The van der Waals surface area contributed by atoms with Gasteiger partial charge in [0.2, 0.25) is 0 Å². The van der Waals surface area contributed by atoms with Gasteiger partial charge in [0, 0.05) is 12.8 Å². The molecule has 0 atom stereocenters. The van der Waals surface area contributed by atoms with Gasteiger partial charge in [-0.15, -0.1) is 0 Å². The van der Waals surface area contributed by atoms with E-state index in [-0.39, 0.29) is 5.97 Å². The number of aryl methyl sites for hydroxylation is 1. The molecular formula is C17H26O3. The number of hydrogen-bond acceptors (Lipinski definition) is 3. The SMILES string of the molecule is CCC/C=C\c1oc(CCCCC(=O)OC)c(C)c1C. The first-order valence-electron chi connectivity index (χ1n) is 7.42. The number of furan rings is 1. The topological polar surface area (TPSA) is 39.4 Å². The quantitative estimate of drug-likeness (QED) is 0.515. The van der Waals surface area contributed by atoms with Gasteiger partial charge in [0.25, 0.3) is 0 Å². The monoisotopic (exact) mass is 278 g/mol. The Morgan fingerprint density at radius 1 is 1.25 bits per heavy atom. The molecule has 1 aromatic rings. The standard InChI is InChI=1S/C17H26O3/c1-5-6-7-10-15-13(2)14(3)16(20-15)11-8-9-12-17(18)19-4/h7,10H,5-6,8-9,11-12H2,1-4H3/b10-7-. The van der Waals surface area contributed by atoms with Crippen molar-refractivity contribution >= 4 is 12.0 Å². The van der Waals surface area contributed by atoms with Crippen molar-refractivity contribution < 1.29 is 13.9 Å². The molecule has 0 aliphatic heterocycles. The van der Waals surface area contributed by atoms with E-state index in [0.29, 0.717) is 6.42 Å². The van der Waals surface area contributed by atoms with Crippen LogP contribution in [0.3, 0.4) is 0 Å². The van der Waals surface area contributed by atoms with E-state index < -0.39 is 0 Å². The van der Waals surface area contributed by atoms with Crippen LogP contribution in [0, 0.1) is 13.8 Å². The molecule has 0 aliphatic carbocycles. The van der Waals surface area contributed by atoms with Crippen LogP contribution in [0.5, 0.6) is 0 Å². The largest absolute Gasteiger partial charge is 0.469 e. The Hall–Kier alpha value is -1.51. The van der Waals surface area contributed by atoms with Crippen molar-refractivity contribution in [3.63, 3.8) is 0 Å². The van der Waals surface area contributed by atoms with Crippen molar-refractivity contribution in [3.05, 3.63) is 28.7 Å². The Morgan fingerprint density at radius 2 is 2.00 bits per heavy atom. The van der Waals surface area contributed by atoms with E-state index in [2.05, 4.69) is 37.7 Å². The van der Waals surface area contributed by atoms with E-state index in [1.165, 1.54) is 18.2 Å². The molecule has 0 saturated heterocycles. The normalized spacial score (nSPS) is 11.2. The van der Waals surface area contributed by atoms with Crippen LogP contribution in [0.1, 0.15) is 61.7 Å². The molecule has 112 valence electrons. The van der Waals surface area contributed by atoms with Crippen LogP contribution < -0.4 is 0 Å². The fourth-order valence-electron chi connectivity index (χ4n) is 2.09. The lowest BCUT2D eigenvalue weighted by Gasteiger charge is -2.00. The Kier molecular flexibility index (Phi) is 7.13. The van der Waals surface area contributed by atoms with Gasteiger partial charge in [-0.1, -0.05) is 19.4 Å². The summed E-state index contributed by atoms with van der Waals surface area (Å²) in [7, 11) is 1.43. The van der Waals surface area contributed by atoms with Crippen LogP contribution in [-0.2, 0) is 16.0 Å². The van der Waals surface area contributed by atoms with Crippen LogP contribution >= 0.6 is 0 Å². The molecule has 0 spiro atoms. The van der Waals surface area contributed by atoms with E-state index in [4.69, 9.17) is 4.42 Å². The third-order valence-corrected chi connectivity index (χ3v) is 3.57. The maximum atomic E-state index is 11.0. The summed E-state index contributed by atoms with van der Waals surface area (Å²) in [5, 5.41) is 0. The van der Waals surface area contributed by atoms with E-state index in [1.54, 1.807) is 0 Å². The van der Waals surface area contributed by atoms with Gasteiger partial charge < -0.3 is 9.15 Å². The van der Waals surface area contributed by atoms with Gasteiger partial charge in [0.15, 0.2) is 0 Å². The Morgan fingerprint density at radius 3 is 2.65 bits per heavy atom. The molecule has 0 fully saturated rings. The highest BCUT2D eigenvalue weighted by Crippen LogP contribution is 2.24. The lowest BCUT2D eigenvalue weighted by molar-refractivity contribution is -0.140. The van der Waals surface area contributed by atoms with Crippen molar-refractivity contribution in [1.82, 2.24) is 0 Å². The number of unbranched alkanes of at least 4 members (excludes halogenated alkanes) is 2. The number of allylic oxidation sites excluding steroid dienone is 1. The summed E-state index contributed by atoms with van der Waals surface area (Å²) < 4.78 is 10.6. The summed E-state index contributed by atoms with van der Waals surface area (Å²) in [4.78, 5) is 11.0. The molecule has 0 saturated carbocycles. The summed E-state index contributed by atoms with van der Waals surface area (Å²) in [6.45, 7) is 6.37. The lowest BCUT2D eigenvalue weighted by Crippen LogP contribution is -1.99. The summed E-state index contributed by atoms with van der Waals surface area (Å²) in [5.41, 5.74) is 2.46. The van der Waals surface area contributed by atoms with Gasteiger partial charge in [0.05, 0.1) is 7.11 Å². The predicted octanol–water partition coefficient (Wildman–Crippen LogP) is 4.60. The fraction of sp³-hybridized carbons (Fsp3) is 0.588. The molecule has 0 aromatic carbocycles. The first kappa shape index (κ1) is 16.5. The molecule has 0 aliphatic rings. The van der Waals surface area contributed by atoms with Crippen molar-refractivity contribution in [3.8, 4) is 0 Å². The van der Waals surface area contributed by atoms with Crippen molar-refractivity contribution in [2.24, 2.45) is 0 Å². The molecule has 0 bridgehead atoms. The first-order chi connectivity index (χ1) is 9.60. The number of rotatable bonds is 8. The molecular weight excluding hydrogens is 252 g/mol. The van der Waals surface area contributed by atoms with E-state index >= 15 is 0 Å². The number of ether oxygens (including phenoxy) is 1. The number of hydrogen-bond donors (Lipinski definition) is 0. The van der Waals surface area contributed by atoms with Crippen LogP contribution in [-0.4, -0.2) is 13.1 Å². The number of carbonyl (C=O) groups is 1. The van der Waals surface area contributed by atoms with E-state index in [0.717, 1.165) is 43.6 Å². The first-order valence-corrected chi connectivity index (χ1v) is 7.42. The number of carbonyl (C=O) groups excluding carboxylic acids is 1. The van der Waals surface area contributed by atoms with Crippen LogP contribution in [0.15, 0.2) is 10.5 Å². The Bertz CT molecular complexity index is 455. The number of esters is 1. The van der Waals surface area contributed by atoms with Crippen molar-refractivity contribution in [1.29, 1.82) is 0 Å². The Labute approximate surface area is 122 Å². The number of methoxy groups -OCH3 is 1. The van der Waals surface area contributed by atoms with Crippen molar-refractivity contribution in [2.75, 3.05) is 7.11 Å². The van der Waals surface area contributed by atoms with Gasteiger partial charge in [-0.05, 0) is 50.3 Å². The molecule has 0 unspecified atom stereocenters. The average molecular weight is 278 g/mol. The van der Waals surface area contributed by atoms with Crippen LogP contribution in [0.25, 0.3) is 6.08 Å². The van der Waals surface area contributed by atoms with Gasteiger partial charge >= 0.3 is 5.97 Å². The van der Waals surface area contributed by atoms with Gasteiger partial charge in [0.1, 0.15) is 11.5 Å². The highest BCUT2D eigenvalue weighted by Gasteiger charge is 2.11. The molecule has 20 heavy (non-hydrogen) atoms. The zero-order chi connectivity index (χ0) is 15.0. The summed E-state index contributed by atoms with van der Waals surface area (Å²) in [6, 6.07) is 0. The highest BCUT2D eigenvalue weighted by atomic mass is 16.5. The minimum atomic E-state index is -0.138. The molecule has 0 amide bonds. The maximum absolute atomic E-state index is 11.0. The second kappa shape index (κ2) is 8.62. The van der Waals surface area contributed by atoms with Crippen LogP contribution in [0.2, 0.25) is 0 Å². The third-order valence-electron chi connectivity index (χ3n) is 3.57. The molecule has 3 heteroatoms. The summed E-state index contributed by atoms with van der Waals surface area (Å²) in [5.74, 6) is 1.88. The zero-order valence-corrected chi connectivity index (χ0v) is 13.1. The van der Waals surface area contributed by atoms with Gasteiger partial charge in [-0.3, -0.25) is 4.79 Å². The minimum Gasteiger partial charge on any atom is -0.469 e. The highest BCUT2D eigenvalue weighted by molar-refractivity contribution is 5.68. The second-order valence-electron chi connectivity index (χ2n) is 5.11. The lowest BCUT2D eigenvalue weighted by atomic mass is 10.1. The molecule has 1 rings (SSSR count). The van der Waals surface area contributed by atoms with Crippen LogP contribution in [0.4, 0.5) is 0 Å². The van der Waals surface area contributed by atoms with Gasteiger partial charge in [-0.25, -0.2) is 0 Å². The predicted molar refractivity (Wildman–Crippen MR) is 81.7 cm³/mol. The van der Waals surface area contributed by atoms with E-state index in [9.17, 15) is 4.79 Å². The summed E-state index contributed by atoms with van der Waals surface area (Å²) >= 11 is 0. The van der Waals surface area contributed by atoms with Gasteiger partial charge in [-0.2, -0.15) is 0 Å². The average Bonchev–Trinajstić information content (AvgIpc) is 2.72. The smallest absolute Gasteiger partial charge is 0.305 e. The maximum Gasteiger partial charge on any atom is 0.305 e.